The highest BCUT2D eigenvalue weighted by atomic mass is 32.2. The van der Waals surface area contributed by atoms with E-state index in [0.717, 1.165) is 0 Å². The molecular weight excluding hydrogens is 491 g/mol. The molecule has 3 aromatic rings. The van der Waals surface area contributed by atoms with Crippen LogP contribution < -0.4 is 14.8 Å². The third kappa shape index (κ3) is 5.98. The number of anilines is 1. The summed E-state index contributed by atoms with van der Waals surface area (Å²) >= 11 is 0. The smallest absolute Gasteiger partial charge is 0.322 e. The molecule has 1 aliphatic rings. The molecule has 2 heterocycles. The molecule has 1 aliphatic heterocycles. The fraction of sp³-hybridized carbons (Fsp3) is 0.348. The fourth-order valence-electron chi connectivity index (χ4n) is 3.64. The number of sulfonamides is 1. The van der Waals surface area contributed by atoms with Crippen LogP contribution in [0.5, 0.6) is 11.8 Å². The van der Waals surface area contributed by atoms with Gasteiger partial charge in [0.2, 0.25) is 10.0 Å². The highest BCUT2D eigenvalue weighted by Crippen LogP contribution is 2.24. The molecule has 192 valence electrons. The van der Waals surface area contributed by atoms with Gasteiger partial charge in [0.05, 0.1) is 24.2 Å². The van der Waals surface area contributed by atoms with E-state index < -0.39 is 21.9 Å². The number of halogens is 1. The first-order valence-electron chi connectivity index (χ1n) is 11.4. The summed E-state index contributed by atoms with van der Waals surface area (Å²) in [7, 11) is -3.91. The number of nitrogens with one attached hydrogen (secondary N) is 2. The van der Waals surface area contributed by atoms with E-state index in [1.165, 1.54) is 48.5 Å². The minimum absolute atomic E-state index is 0.0315. The number of rotatable bonds is 8. The first kappa shape index (κ1) is 25.5. The molecule has 0 bridgehead atoms. The van der Waals surface area contributed by atoms with Crippen molar-refractivity contribution in [3.8, 4) is 11.8 Å². The molecule has 0 spiro atoms. The summed E-state index contributed by atoms with van der Waals surface area (Å²) in [4.78, 5) is 14.0. The number of ether oxygens (including phenoxy) is 2. The van der Waals surface area contributed by atoms with Gasteiger partial charge in [-0.1, -0.05) is 5.10 Å². The van der Waals surface area contributed by atoms with E-state index >= 15 is 0 Å². The zero-order valence-corrected chi connectivity index (χ0v) is 20.7. The van der Waals surface area contributed by atoms with Gasteiger partial charge in [0, 0.05) is 25.3 Å². The molecule has 2 amide bonds. The quantitative estimate of drug-likeness (QED) is 0.469. The molecule has 13 heteroatoms. The second kappa shape index (κ2) is 11.0. The van der Waals surface area contributed by atoms with Gasteiger partial charge in [-0.3, -0.25) is 4.57 Å². The van der Waals surface area contributed by atoms with Gasteiger partial charge in [-0.15, -0.1) is 5.10 Å². The molecule has 1 saturated heterocycles. The lowest BCUT2D eigenvalue weighted by atomic mass is 10.3. The summed E-state index contributed by atoms with van der Waals surface area (Å²) in [5.74, 6) is 0.335. The number of amides is 2. The molecule has 1 aromatic heterocycles. The average Bonchev–Trinajstić information content (AvgIpc) is 3.28. The first-order chi connectivity index (χ1) is 17.3. The van der Waals surface area contributed by atoms with Gasteiger partial charge in [0.15, 0.2) is 5.82 Å². The van der Waals surface area contributed by atoms with Crippen LogP contribution in [0.4, 0.5) is 14.9 Å². The SMILES string of the molecule is CCn1c(Oc2ccc(F)cc2)nnc1[C@@H](C)NS(=O)(=O)c1ccc(NC(=O)N2CCOCC2)cc1. The number of hydrogen-bond donors (Lipinski definition) is 2. The molecule has 0 radical (unpaired) electrons. The highest BCUT2D eigenvalue weighted by molar-refractivity contribution is 7.89. The van der Waals surface area contributed by atoms with Gasteiger partial charge < -0.3 is 19.7 Å². The lowest BCUT2D eigenvalue weighted by Gasteiger charge is -2.26. The van der Waals surface area contributed by atoms with E-state index in [9.17, 15) is 17.6 Å². The second-order valence-electron chi connectivity index (χ2n) is 8.04. The molecule has 0 aliphatic carbocycles. The number of morpholine rings is 1. The fourth-order valence-corrected chi connectivity index (χ4v) is 4.84. The van der Waals surface area contributed by atoms with Crippen molar-refractivity contribution in [2.24, 2.45) is 0 Å². The van der Waals surface area contributed by atoms with Crippen LogP contribution in [-0.2, 0) is 21.3 Å². The Morgan fingerprint density at radius 3 is 2.42 bits per heavy atom. The molecule has 0 unspecified atom stereocenters. The van der Waals surface area contributed by atoms with Crippen molar-refractivity contribution in [1.82, 2.24) is 24.4 Å². The van der Waals surface area contributed by atoms with Crippen molar-refractivity contribution in [2.45, 2.75) is 31.3 Å². The van der Waals surface area contributed by atoms with Crippen molar-refractivity contribution < 1.29 is 27.1 Å². The summed E-state index contributed by atoms with van der Waals surface area (Å²) in [5, 5.41) is 10.9. The predicted octanol–water partition coefficient (Wildman–Crippen LogP) is 3.13. The molecule has 0 saturated carbocycles. The summed E-state index contributed by atoms with van der Waals surface area (Å²) < 4.78 is 54.3. The number of aromatic nitrogens is 3. The Bertz CT molecular complexity index is 1290. The molecule has 36 heavy (non-hydrogen) atoms. The molecule has 1 atom stereocenters. The Labute approximate surface area is 208 Å². The summed E-state index contributed by atoms with van der Waals surface area (Å²) in [6.45, 7) is 5.88. The maximum atomic E-state index is 13.2. The van der Waals surface area contributed by atoms with Gasteiger partial charge in [0.25, 0.3) is 0 Å². The highest BCUT2D eigenvalue weighted by Gasteiger charge is 2.24. The van der Waals surface area contributed by atoms with Crippen LogP contribution in [0, 0.1) is 5.82 Å². The number of nitrogens with zero attached hydrogens (tertiary/aromatic N) is 4. The van der Waals surface area contributed by atoms with E-state index in [4.69, 9.17) is 9.47 Å². The molecular formula is C23H27FN6O5S. The van der Waals surface area contributed by atoms with Crippen molar-refractivity contribution in [3.05, 3.63) is 60.2 Å². The minimum Gasteiger partial charge on any atom is -0.424 e. The standard InChI is InChI=1S/C23H27FN6O5S/c1-3-30-21(26-27-23(30)35-19-8-4-17(24)5-9-19)16(2)28-36(32,33)20-10-6-18(7-11-20)25-22(31)29-12-14-34-15-13-29/h4-11,16,28H,3,12-15H2,1-2H3,(H,25,31)/t16-/m1/s1. The van der Waals surface area contributed by atoms with Gasteiger partial charge in [0.1, 0.15) is 11.6 Å². The number of urea groups is 1. The topological polar surface area (TPSA) is 128 Å². The lowest BCUT2D eigenvalue weighted by Crippen LogP contribution is -2.43. The zero-order chi connectivity index (χ0) is 25.7. The Hall–Kier alpha value is -3.55. The summed E-state index contributed by atoms with van der Waals surface area (Å²) in [6.07, 6.45) is 0. The van der Waals surface area contributed by atoms with E-state index in [1.54, 1.807) is 16.4 Å². The number of carbonyl (C=O) groups excluding carboxylic acids is 1. The Balaban J connectivity index is 1.42. The van der Waals surface area contributed by atoms with Crippen LogP contribution in [-0.4, -0.2) is 60.4 Å². The van der Waals surface area contributed by atoms with Crippen LogP contribution in [0.1, 0.15) is 25.7 Å². The van der Waals surface area contributed by atoms with Gasteiger partial charge >= 0.3 is 12.0 Å². The number of benzene rings is 2. The van der Waals surface area contributed by atoms with Gasteiger partial charge in [-0.25, -0.2) is 22.3 Å². The van der Waals surface area contributed by atoms with Gasteiger partial charge in [-0.05, 0) is 62.4 Å². The van der Waals surface area contributed by atoms with Crippen molar-refractivity contribution >= 4 is 21.7 Å². The third-order valence-corrected chi connectivity index (χ3v) is 7.07. The summed E-state index contributed by atoms with van der Waals surface area (Å²) in [6, 6.07) is 10.5. The van der Waals surface area contributed by atoms with Crippen LogP contribution in [0.25, 0.3) is 0 Å². The maximum absolute atomic E-state index is 13.2. The first-order valence-corrected chi connectivity index (χ1v) is 12.9. The van der Waals surface area contributed by atoms with E-state index in [-0.39, 0.29) is 16.9 Å². The second-order valence-corrected chi connectivity index (χ2v) is 9.75. The van der Waals surface area contributed by atoms with Crippen LogP contribution in [0.15, 0.2) is 53.4 Å². The molecule has 2 aromatic carbocycles. The molecule has 4 rings (SSSR count). The summed E-state index contributed by atoms with van der Waals surface area (Å²) in [5.41, 5.74) is 0.479. The van der Waals surface area contributed by atoms with Crippen molar-refractivity contribution in [1.29, 1.82) is 0 Å². The third-order valence-electron chi connectivity index (χ3n) is 5.52. The zero-order valence-electron chi connectivity index (χ0n) is 19.8. The van der Waals surface area contributed by atoms with Crippen LogP contribution >= 0.6 is 0 Å². The molecule has 11 nitrogen and oxygen atoms in total. The van der Waals surface area contributed by atoms with E-state index in [2.05, 4.69) is 20.2 Å². The number of carbonyl (C=O) groups is 1. The number of hydrogen-bond acceptors (Lipinski definition) is 7. The largest absolute Gasteiger partial charge is 0.424 e. The van der Waals surface area contributed by atoms with Crippen LogP contribution in [0.2, 0.25) is 0 Å². The van der Waals surface area contributed by atoms with Crippen molar-refractivity contribution in [2.75, 3.05) is 31.6 Å². The predicted molar refractivity (Wildman–Crippen MR) is 129 cm³/mol. The normalized spacial score (nSPS) is 14.9. The molecule has 1 fully saturated rings. The van der Waals surface area contributed by atoms with E-state index in [1.807, 2.05) is 6.92 Å². The Morgan fingerprint density at radius 2 is 1.78 bits per heavy atom. The van der Waals surface area contributed by atoms with Crippen molar-refractivity contribution in [3.63, 3.8) is 0 Å². The Kier molecular flexibility index (Phi) is 7.82. The van der Waals surface area contributed by atoms with Crippen LogP contribution in [0.3, 0.4) is 0 Å². The Morgan fingerprint density at radius 1 is 1.11 bits per heavy atom. The lowest BCUT2D eigenvalue weighted by molar-refractivity contribution is 0.0564. The molecule has 2 N–H and O–H groups in total. The average molecular weight is 519 g/mol. The van der Waals surface area contributed by atoms with E-state index in [0.29, 0.717) is 50.1 Å². The monoisotopic (exact) mass is 518 g/mol. The minimum atomic E-state index is -3.91. The van der Waals surface area contributed by atoms with Gasteiger partial charge in [-0.2, -0.15) is 0 Å². The maximum Gasteiger partial charge on any atom is 0.322 e.